The zero-order valence-corrected chi connectivity index (χ0v) is 23.8. The number of nitrogens with one attached hydrogen (secondary N) is 1. The van der Waals surface area contributed by atoms with Crippen molar-refractivity contribution in [3.05, 3.63) is 78.4 Å². The number of allylic oxidation sites excluding steroid dienone is 7. The molecule has 7 nitrogen and oxygen atoms in total. The van der Waals surface area contributed by atoms with Crippen molar-refractivity contribution in [2.24, 2.45) is 5.92 Å². The second-order valence-electron chi connectivity index (χ2n) is 9.47. The van der Waals surface area contributed by atoms with E-state index in [1.54, 1.807) is 12.1 Å². The zero-order chi connectivity index (χ0) is 28.9. The molecular weight excluding hydrogens is 494 g/mol. The van der Waals surface area contributed by atoms with Gasteiger partial charge in [-0.2, -0.15) is 0 Å². The van der Waals surface area contributed by atoms with E-state index in [0.717, 1.165) is 25.7 Å². The van der Waals surface area contributed by atoms with Gasteiger partial charge in [0.1, 0.15) is 23.5 Å². The van der Waals surface area contributed by atoms with E-state index >= 15 is 0 Å². The van der Waals surface area contributed by atoms with Gasteiger partial charge in [0.2, 0.25) is 5.91 Å². The number of aromatic carboxylic acids is 1. The van der Waals surface area contributed by atoms with E-state index in [1.807, 2.05) is 26.8 Å². The van der Waals surface area contributed by atoms with Crippen LogP contribution in [0.15, 0.2) is 72.9 Å². The lowest BCUT2D eigenvalue weighted by Crippen LogP contribution is -2.48. The van der Waals surface area contributed by atoms with Crippen LogP contribution in [0.5, 0.6) is 5.75 Å². The lowest BCUT2D eigenvalue weighted by atomic mass is 10.0. The molecule has 0 saturated carbocycles. The second-order valence-corrected chi connectivity index (χ2v) is 9.47. The number of hydrogen-bond donors (Lipinski definition) is 2. The fourth-order valence-electron chi connectivity index (χ4n) is 3.62. The van der Waals surface area contributed by atoms with E-state index < -0.39 is 30.0 Å². The molecule has 0 saturated heterocycles. The smallest absolute Gasteiger partial charge is 0.339 e. The van der Waals surface area contributed by atoms with Gasteiger partial charge in [0, 0.05) is 0 Å². The summed E-state index contributed by atoms with van der Waals surface area (Å²) < 4.78 is 11.2. The highest BCUT2D eigenvalue weighted by atomic mass is 16.5. The van der Waals surface area contributed by atoms with E-state index in [9.17, 15) is 19.5 Å². The van der Waals surface area contributed by atoms with Crippen LogP contribution in [0, 0.1) is 5.92 Å². The number of hydrogen-bond acceptors (Lipinski definition) is 5. The Labute approximate surface area is 233 Å². The van der Waals surface area contributed by atoms with Crippen molar-refractivity contribution < 1.29 is 29.0 Å². The molecule has 0 radical (unpaired) electrons. The van der Waals surface area contributed by atoms with Crippen molar-refractivity contribution in [1.29, 1.82) is 0 Å². The minimum absolute atomic E-state index is 0.0563. The van der Waals surface area contributed by atoms with Crippen LogP contribution >= 0.6 is 0 Å². The fourth-order valence-corrected chi connectivity index (χ4v) is 3.62. The van der Waals surface area contributed by atoms with Crippen molar-refractivity contribution >= 4 is 17.8 Å². The first-order valence-corrected chi connectivity index (χ1v) is 13.9. The molecule has 7 heteroatoms. The molecule has 2 N–H and O–H groups in total. The molecule has 1 aromatic rings. The third kappa shape index (κ3) is 14.9. The normalized spacial score (nSPS) is 13.6. The van der Waals surface area contributed by atoms with Crippen molar-refractivity contribution in [1.82, 2.24) is 5.32 Å². The van der Waals surface area contributed by atoms with Crippen LogP contribution in [-0.2, 0) is 14.3 Å². The van der Waals surface area contributed by atoms with Gasteiger partial charge in [-0.3, -0.25) is 4.79 Å². The molecule has 214 valence electrons. The molecule has 2 unspecified atom stereocenters. The van der Waals surface area contributed by atoms with Crippen LogP contribution in [-0.4, -0.2) is 41.7 Å². The fraction of sp³-hybridized carbons (Fsp3) is 0.469. The number of ether oxygens (including phenoxy) is 2. The Morgan fingerprint density at radius 3 is 2.05 bits per heavy atom. The van der Waals surface area contributed by atoms with Gasteiger partial charge in [-0.15, -0.1) is 0 Å². The Hall–Kier alpha value is -3.45. The first-order valence-electron chi connectivity index (χ1n) is 13.9. The summed E-state index contributed by atoms with van der Waals surface area (Å²) in [5.74, 6) is -2.26. The Morgan fingerprint density at radius 2 is 1.49 bits per heavy atom. The summed E-state index contributed by atoms with van der Waals surface area (Å²) in [6, 6.07) is 4.99. The first kappa shape index (κ1) is 33.6. The Kier molecular flexibility index (Phi) is 17.7. The van der Waals surface area contributed by atoms with E-state index in [4.69, 9.17) is 9.47 Å². The maximum Gasteiger partial charge on any atom is 0.339 e. The van der Waals surface area contributed by atoms with Crippen LogP contribution in [0.25, 0.3) is 0 Å². The topological polar surface area (TPSA) is 102 Å². The SMILES string of the molecule is CCC=CCC=CCC=CCC=CCCOC(CC)C(=O)NC(CC(C)C)C(=O)Oc1ccccc1C(=O)O. The molecule has 0 spiro atoms. The van der Waals surface area contributed by atoms with Crippen LogP contribution in [0.2, 0.25) is 0 Å². The van der Waals surface area contributed by atoms with Gasteiger partial charge in [0.15, 0.2) is 0 Å². The third-order valence-corrected chi connectivity index (χ3v) is 5.62. The highest BCUT2D eigenvalue weighted by molar-refractivity contribution is 5.93. The summed E-state index contributed by atoms with van der Waals surface area (Å²) in [5, 5.41) is 12.1. The molecule has 0 aliphatic heterocycles. The van der Waals surface area contributed by atoms with Gasteiger partial charge in [-0.25, -0.2) is 9.59 Å². The lowest BCUT2D eigenvalue weighted by Gasteiger charge is -2.22. The monoisotopic (exact) mass is 539 g/mol. The zero-order valence-electron chi connectivity index (χ0n) is 23.8. The first-order chi connectivity index (χ1) is 18.8. The number of para-hydroxylation sites is 1. The third-order valence-electron chi connectivity index (χ3n) is 5.62. The maximum absolute atomic E-state index is 12.9. The van der Waals surface area contributed by atoms with E-state index in [2.05, 4.69) is 54.8 Å². The molecule has 1 amide bonds. The Balaban J connectivity index is 2.52. The Bertz CT molecular complexity index is 992. The van der Waals surface area contributed by atoms with Crippen molar-refractivity contribution in [3.63, 3.8) is 0 Å². The van der Waals surface area contributed by atoms with Crippen LogP contribution in [0.4, 0.5) is 0 Å². The highest BCUT2D eigenvalue weighted by Gasteiger charge is 2.28. The number of benzene rings is 1. The van der Waals surface area contributed by atoms with Crippen molar-refractivity contribution in [3.8, 4) is 5.75 Å². The van der Waals surface area contributed by atoms with Crippen molar-refractivity contribution in [2.45, 2.75) is 84.8 Å². The maximum atomic E-state index is 12.9. The molecular formula is C32H45NO6. The molecule has 0 bridgehead atoms. The second kappa shape index (κ2) is 20.5. The van der Waals surface area contributed by atoms with Gasteiger partial charge < -0.3 is 19.9 Å². The molecule has 2 atom stereocenters. The molecule has 1 aromatic carbocycles. The van der Waals surface area contributed by atoms with Gasteiger partial charge >= 0.3 is 11.9 Å². The average molecular weight is 540 g/mol. The summed E-state index contributed by atoms with van der Waals surface area (Å²) in [6.07, 6.45) is 21.6. The quantitative estimate of drug-likeness (QED) is 0.0866. The largest absolute Gasteiger partial charge is 0.478 e. The van der Waals surface area contributed by atoms with E-state index in [0.29, 0.717) is 25.9 Å². The van der Waals surface area contributed by atoms with Gasteiger partial charge in [-0.1, -0.05) is 88.4 Å². The summed E-state index contributed by atoms with van der Waals surface area (Å²) in [4.78, 5) is 37.2. The Morgan fingerprint density at radius 1 is 0.897 bits per heavy atom. The molecule has 0 fully saturated rings. The van der Waals surface area contributed by atoms with E-state index in [-0.39, 0.29) is 17.2 Å². The standard InChI is InChI=1S/C32H45NO6/c1-5-7-8-9-10-11-12-13-14-15-16-17-20-23-38-28(6-2)30(34)33-27(24-25(3)4)32(37)39-29-22-19-18-21-26(29)31(35)36/h7-8,10-11,13-14,16-19,21-22,25,27-28H,5-6,9,12,15,20,23-24H2,1-4H3,(H,33,34)(H,35,36). The van der Waals surface area contributed by atoms with Gasteiger partial charge in [0.05, 0.1) is 6.61 Å². The minimum Gasteiger partial charge on any atom is -0.478 e. The molecule has 0 aliphatic rings. The van der Waals surface area contributed by atoms with E-state index in [1.165, 1.54) is 12.1 Å². The summed E-state index contributed by atoms with van der Waals surface area (Å²) in [7, 11) is 0. The van der Waals surface area contributed by atoms with Gasteiger partial charge in [-0.05, 0) is 63.0 Å². The predicted molar refractivity (Wildman–Crippen MR) is 156 cm³/mol. The van der Waals surface area contributed by atoms with Gasteiger partial charge in [0.25, 0.3) is 0 Å². The number of carboxylic acid groups (broad SMARTS) is 1. The van der Waals surface area contributed by atoms with Crippen LogP contribution < -0.4 is 10.1 Å². The summed E-state index contributed by atoms with van der Waals surface area (Å²) in [6.45, 7) is 8.20. The average Bonchev–Trinajstić information content (AvgIpc) is 2.90. The number of carboxylic acids is 1. The van der Waals surface area contributed by atoms with Crippen LogP contribution in [0.1, 0.15) is 83.0 Å². The minimum atomic E-state index is -1.20. The molecule has 0 aliphatic carbocycles. The molecule has 0 heterocycles. The molecule has 0 aromatic heterocycles. The number of esters is 1. The van der Waals surface area contributed by atoms with Crippen LogP contribution in [0.3, 0.4) is 0 Å². The number of carbonyl (C=O) groups is 3. The van der Waals surface area contributed by atoms with Crippen molar-refractivity contribution in [2.75, 3.05) is 6.61 Å². The predicted octanol–water partition coefficient (Wildman–Crippen LogP) is 6.81. The summed E-state index contributed by atoms with van der Waals surface area (Å²) in [5.41, 5.74) is -0.119. The number of amides is 1. The highest BCUT2D eigenvalue weighted by Crippen LogP contribution is 2.19. The number of rotatable bonds is 19. The molecule has 39 heavy (non-hydrogen) atoms. The molecule has 1 rings (SSSR count). The summed E-state index contributed by atoms with van der Waals surface area (Å²) >= 11 is 0. The lowest BCUT2D eigenvalue weighted by molar-refractivity contribution is -0.143. The number of carbonyl (C=O) groups excluding carboxylic acids is 2.